The lowest BCUT2D eigenvalue weighted by Crippen LogP contribution is -2.60. The Kier molecular flexibility index (Phi) is 2.95. The van der Waals surface area contributed by atoms with Gasteiger partial charge in [0.25, 0.3) is 0 Å². The van der Waals surface area contributed by atoms with E-state index in [0.29, 0.717) is 13.1 Å². The fourth-order valence-corrected chi connectivity index (χ4v) is 2.11. The maximum Gasteiger partial charge on any atom is 0.103 e. The first-order valence-electron chi connectivity index (χ1n) is 5.49. The minimum atomic E-state index is -0.764. The third-order valence-corrected chi connectivity index (χ3v) is 2.97. The Hall–Kier alpha value is -1.37. The first kappa shape index (κ1) is 11.1. The standard InChI is InChI=1S/C13H16N2O/c1-11-2-4-12(5-3-11)8-15-9-13(16,10-15)6-7-14/h2-5,16H,6,8-10H2,1H3. The lowest BCUT2D eigenvalue weighted by atomic mass is 9.90. The molecule has 1 aliphatic heterocycles. The summed E-state index contributed by atoms with van der Waals surface area (Å²) in [5.74, 6) is 0. The number of hydrogen-bond acceptors (Lipinski definition) is 3. The fraction of sp³-hybridized carbons (Fsp3) is 0.462. The second kappa shape index (κ2) is 4.25. The van der Waals surface area contributed by atoms with Gasteiger partial charge in [-0.1, -0.05) is 29.8 Å². The lowest BCUT2D eigenvalue weighted by molar-refractivity contribution is -0.0974. The summed E-state index contributed by atoms with van der Waals surface area (Å²) in [6.45, 7) is 4.13. The van der Waals surface area contributed by atoms with E-state index in [1.807, 2.05) is 6.07 Å². The summed E-state index contributed by atoms with van der Waals surface area (Å²) in [6.07, 6.45) is 0.234. The molecule has 2 rings (SSSR count). The van der Waals surface area contributed by atoms with Crippen LogP contribution in [0.2, 0.25) is 0 Å². The van der Waals surface area contributed by atoms with Gasteiger partial charge in [0.2, 0.25) is 0 Å². The van der Waals surface area contributed by atoms with Crippen LogP contribution in [0.4, 0.5) is 0 Å². The van der Waals surface area contributed by atoms with Crippen LogP contribution in [0.5, 0.6) is 0 Å². The van der Waals surface area contributed by atoms with E-state index < -0.39 is 5.60 Å². The van der Waals surface area contributed by atoms with Crippen molar-refractivity contribution in [1.82, 2.24) is 4.90 Å². The van der Waals surface area contributed by atoms with E-state index in [1.165, 1.54) is 11.1 Å². The molecular formula is C13H16N2O. The SMILES string of the molecule is Cc1ccc(CN2CC(O)(CC#N)C2)cc1. The number of hydrogen-bond donors (Lipinski definition) is 1. The number of likely N-dealkylation sites (tertiary alicyclic amines) is 1. The largest absolute Gasteiger partial charge is 0.386 e. The van der Waals surface area contributed by atoms with Gasteiger partial charge in [-0.15, -0.1) is 0 Å². The third kappa shape index (κ3) is 2.41. The Labute approximate surface area is 95.9 Å². The zero-order valence-corrected chi connectivity index (χ0v) is 9.48. The first-order chi connectivity index (χ1) is 7.61. The molecule has 1 fully saturated rings. The van der Waals surface area contributed by atoms with Crippen LogP contribution in [0.1, 0.15) is 17.5 Å². The van der Waals surface area contributed by atoms with Crippen molar-refractivity contribution in [3.8, 4) is 6.07 Å². The van der Waals surface area contributed by atoms with E-state index >= 15 is 0 Å². The molecule has 1 N–H and O–H groups in total. The molecule has 16 heavy (non-hydrogen) atoms. The number of nitrogens with zero attached hydrogens (tertiary/aromatic N) is 2. The zero-order chi connectivity index (χ0) is 11.6. The normalized spacial score (nSPS) is 18.8. The van der Waals surface area contributed by atoms with Crippen LogP contribution in [0.15, 0.2) is 24.3 Å². The summed E-state index contributed by atoms with van der Waals surface area (Å²) >= 11 is 0. The Morgan fingerprint density at radius 2 is 2.00 bits per heavy atom. The molecule has 0 unspecified atom stereocenters. The highest BCUT2D eigenvalue weighted by atomic mass is 16.3. The molecule has 1 aromatic rings. The van der Waals surface area contributed by atoms with Gasteiger partial charge in [0, 0.05) is 19.6 Å². The number of β-amino-alcohol motifs (C(OH)–C–C–N with tert-alkyl or cyclic N) is 1. The Morgan fingerprint density at radius 3 is 2.56 bits per heavy atom. The van der Waals surface area contributed by atoms with E-state index in [2.05, 4.69) is 36.1 Å². The van der Waals surface area contributed by atoms with Gasteiger partial charge < -0.3 is 5.11 Å². The molecule has 1 saturated heterocycles. The fourth-order valence-electron chi connectivity index (χ4n) is 2.11. The van der Waals surface area contributed by atoms with Gasteiger partial charge in [-0.3, -0.25) is 4.90 Å². The molecule has 3 heteroatoms. The first-order valence-corrected chi connectivity index (χ1v) is 5.49. The van der Waals surface area contributed by atoms with Crippen LogP contribution in [-0.4, -0.2) is 28.7 Å². The molecule has 0 spiro atoms. The summed E-state index contributed by atoms with van der Waals surface area (Å²) in [6, 6.07) is 10.4. The molecule has 84 valence electrons. The van der Waals surface area contributed by atoms with Gasteiger partial charge in [-0.25, -0.2) is 0 Å². The predicted molar refractivity (Wildman–Crippen MR) is 61.6 cm³/mol. The number of aliphatic hydroxyl groups is 1. The minimum Gasteiger partial charge on any atom is -0.386 e. The van der Waals surface area contributed by atoms with E-state index in [4.69, 9.17) is 5.26 Å². The number of nitriles is 1. The van der Waals surface area contributed by atoms with Gasteiger partial charge in [0.15, 0.2) is 0 Å². The second-order valence-electron chi connectivity index (χ2n) is 4.69. The van der Waals surface area contributed by atoms with E-state index in [0.717, 1.165) is 6.54 Å². The molecule has 0 aliphatic carbocycles. The maximum absolute atomic E-state index is 9.84. The Bertz CT molecular complexity index is 399. The van der Waals surface area contributed by atoms with Crippen LogP contribution < -0.4 is 0 Å². The topological polar surface area (TPSA) is 47.3 Å². The summed E-state index contributed by atoms with van der Waals surface area (Å²) < 4.78 is 0. The highest BCUT2D eigenvalue weighted by Gasteiger charge is 2.40. The molecule has 0 atom stereocenters. The molecule has 0 aromatic heterocycles. The zero-order valence-electron chi connectivity index (χ0n) is 9.48. The monoisotopic (exact) mass is 216 g/mol. The van der Waals surface area contributed by atoms with E-state index in [-0.39, 0.29) is 6.42 Å². The van der Waals surface area contributed by atoms with Crippen molar-refractivity contribution < 1.29 is 5.11 Å². The van der Waals surface area contributed by atoms with Crippen LogP contribution in [0.3, 0.4) is 0 Å². The van der Waals surface area contributed by atoms with Gasteiger partial charge in [-0.2, -0.15) is 5.26 Å². The summed E-state index contributed by atoms with van der Waals surface area (Å²) in [4.78, 5) is 2.15. The summed E-state index contributed by atoms with van der Waals surface area (Å²) in [7, 11) is 0. The smallest absolute Gasteiger partial charge is 0.103 e. The van der Waals surface area contributed by atoms with Crippen LogP contribution >= 0.6 is 0 Å². The molecule has 1 heterocycles. The molecular weight excluding hydrogens is 200 g/mol. The quantitative estimate of drug-likeness (QED) is 0.832. The predicted octanol–water partition coefficient (Wildman–Crippen LogP) is 1.46. The number of rotatable bonds is 3. The minimum absolute atomic E-state index is 0.234. The van der Waals surface area contributed by atoms with Gasteiger partial charge >= 0.3 is 0 Å². The molecule has 0 amide bonds. The van der Waals surface area contributed by atoms with Gasteiger partial charge in [0.1, 0.15) is 5.60 Å². The number of aryl methyl sites for hydroxylation is 1. The van der Waals surface area contributed by atoms with Crippen molar-refractivity contribution in [2.24, 2.45) is 0 Å². The highest BCUT2D eigenvalue weighted by Crippen LogP contribution is 2.25. The number of benzene rings is 1. The van der Waals surface area contributed by atoms with E-state index in [1.54, 1.807) is 0 Å². The molecule has 3 nitrogen and oxygen atoms in total. The average Bonchev–Trinajstić information content (AvgIpc) is 2.19. The molecule has 0 saturated carbocycles. The maximum atomic E-state index is 9.84. The van der Waals surface area contributed by atoms with Gasteiger partial charge in [0.05, 0.1) is 12.5 Å². The van der Waals surface area contributed by atoms with Crippen LogP contribution in [0.25, 0.3) is 0 Å². The van der Waals surface area contributed by atoms with Crippen molar-refractivity contribution in [1.29, 1.82) is 5.26 Å². The average molecular weight is 216 g/mol. The molecule has 1 aromatic carbocycles. The van der Waals surface area contributed by atoms with Crippen molar-refractivity contribution >= 4 is 0 Å². The molecule has 0 bridgehead atoms. The Morgan fingerprint density at radius 1 is 1.38 bits per heavy atom. The van der Waals surface area contributed by atoms with Crippen molar-refractivity contribution in [2.75, 3.05) is 13.1 Å². The van der Waals surface area contributed by atoms with Crippen molar-refractivity contribution in [3.05, 3.63) is 35.4 Å². The highest BCUT2D eigenvalue weighted by molar-refractivity contribution is 5.21. The van der Waals surface area contributed by atoms with Crippen molar-refractivity contribution in [2.45, 2.75) is 25.5 Å². The van der Waals surface area contributed by atoms with Crippen molar-refractivity contribution in [3.63, 3.8) is 0 Å². The molecule has 1 aliphatic rings. The van der Waals surface area contributed by atoms with E-state index in [9.17, 15) is 5.11 Å². The second-order valence-corrected chi connectivity index (χ2v) is 4.69. The van der Waals surface area contributed by atoms with Crippen LogP contribution in [0, 0.1) is 18.3 Å². The third-order valence-electron chi connectivity index (χ3n) is 2.97. The molecule has 0 radical (unpaired) electrons. The lowest BCUT2D eigenvalue weighted by Gasteiger charge is -2.45. The van der Waals surface area contributed by atoms with Gasteiger partial charge in [-0.05, 0) is 12.5 Å². The Balaban J connectivity index is 1.86. The van der Waals surface area contributed by atoms with Crippen LogP contribution in [-0.2, 0) is 6.54 Å². The summed E-state index contributed by atoms with van der Waals surface area (Å²) in [5, 5.41) is 18.4. The summed E-state index contributed by atoms with van der Waals surface area (Å²) in [5.41, 5.74) is 1.75.